The minimum Gasteiger partial charge on any atom is -0.318 e. The molecule has 0 aromatic carbocycles. The summed E-state index contributed by atoms with van der Waals surface area (Å²) in [6.45, 7) is 3.52. The molecular formula is C7H15FN2. The zero-order chi connectivity index (χ0) is 7.40. The van der Waals surface area contributed by atoms with Crippen molar-refractivity contribution in [3.63, 3.8) is 0 Å². The smallest absolute Gasteiger partial charge is 0.114 e. The van der Waals surface area contributed by atoms with Gasteiger partial charge in [-0.05, 0) is 13.5 Å². The van der Waals surface area contributed by atoms with Crippen LogP contribution in [-0.4, -0.2) is 44.3 Å². The van der Waals surface area contributed by atoms with Crippen molar-refractivity contribution in [3.05, 3.63) is 0 Å². The molecule has 10 heavy (non-hydrogen) atoms. The first-order chi connectivity index (χ1) is 4.83. The standard InChI is InChI=1S/C7H15FN2/c1-9-3-5-10-4-2-7(8)6-10/h7,9H,2-6H2,1H3. The highest BCUT2D eigenvalue weighted by molar-refractivity contribution is 4.74. The second-order valence-corrected chi connectivity index (χ2v) is 2.79. The van der Waals surface area contributed by atoms with Crippen LogP contribution in [-0.2, 0) is 0 Å². The molecule has 1 aliphatic rings. The summed E-state index contributed by atoms with van der Waals surface area (Å²) in [4.78, 5) is 2.15. The van der Waals surface area contributed by atoms with Crippen LogP contribution in [0.5, 0.6) is 0 Å². The van der Waals surface area contributed by atoms with Crippen LogP contribution in [0.2, 0.25) is 0 Å². The summed E-state index contributed by atoms with van der Waals surface area (Å²) in [6, 6.07) is 0. The van der Waals surface area contributed by atoms with Crippen molar-refractivity contribution in [2.75, 3.05) is 33.2 Å². The molecule has 3 heteroatoms. The molecule has 0 bridgehead atoms. The molecule has 0 aromatic rings. The number of nitrogens with zero attached hydrogens (tertiary/aromatic N) is 1. The number of likely N-dealkylation sites (tertiary alicyclic amines) is 1. The highest BCUT2D eigenvalue weighted by Crippen LogP contribution is 2.10. The lowest BCUT2D eigenvalue weighted by Gasteiger charge is -2.12. The van der Waals surface area contributed by atoms with Crippen molar-refractivity contribution in [2.45, 2.75) is 12.6 Å². The van der Waals surface area contributed by atoms with Crippen molar-refractivity contribution in [2.24, 2.45) is 0 Å². The minimum atomic E-state index is -0.572. The predicted octanol–water partition coefficient (Wildman–Crippen LogP) is 0.250. The molecule has 1 unspecified atom stereocenters. The van der Waals surface area contributed by atoms with Gasteiger partial charge < -0.3 is 5.32 Å². The molecule has 60 valence electrons. The van der Waals surface area contributed by atoms with Gasteiger partial charge >= 0.3 is 0 Å². The Bertz CT molecular complexity index is 97.6. The first-order valence-electron chi connectivity index (χ1n) is 3.84. The largest absolute Gasteiger partial charge is 0.318 e. The summed E-state index contributed by atoms with van der Waals surface area (Å²) < 4.78 is 12.5. The first kappa shape index (κ1) is 7.95. The second kappa shape index (κ2) is 3.88. The SMILES string of the molecule is CNCCN1CCC(F)C1. The van der Waals surface area contributed by atoms with Crippen molar-refractivity contribution >= 4 is 0 Å². The maximum absolute atomic E-state index is 12.5. The van der Waals surface area contributed by atoms with Gasteiger partial charge in [0.1, 0.15) is 6.17 Å². The van der Waals surface area contributed by atoms with Crippen molar-refractivity contribution in [1.29, 1.82) is 0 Å². The van der Waals surface area contributed by atoms with Gasteiger partial charge in [-0.2, -0.15) is 0 Å². The lowest BCUT2D eigenvalue weighted by molar-refractivity contribution is 0.289. The quantitative estimate of drug-likeness (QED) is 0.614. The van der Waals surface area contributed by atoms with Gasteiger partial charge in [0, 0.05) is 26.2 Å². The number of halogens is 1. The van der Waals surface area contributed by atoms with Crippen LogP contribution in [0.15, 0.2) is 0 Å². The van der Waals surface area contributed by atoms with E-state index in [0.717, 1.165) is 26.1 Å². The molecule has 0 saturated carbocycles. The van der Waals surface area contributed by atoms with E-state index in [0.29, 0.717) is 6.54 Å². The van der Waals surface area contributed by atoms with Crippen LogP contribution in [0.3, 0.4) is 0 Å². The van der Waals surface area contributed by atoms with E-state index in [4.69, 9.17) is 0 Å². The fourth-order valence-corrected chi connectivity index (χ4v) is 1.26. The summed E-state index contributed by atoms with van der Waals surface area (Å²) in [7, 11) is 1.92. The molecule has 2 nitrogen and oxygen atoms in total. The van der Waals surface area contributed by atoms with E-state index in [1.807, 2.05) is 7.05 Å². The molecule has 1 heterocycles. The average molecular weight is 146 g/mol. The summed E-state index contributed by atoms with van der Waals surface area (Å²) in [5.41, 5.74) is 0. The Morgan fingerprint density at radius 1 is 1.70 bits per heavy atom. The molecule has 0 aromatic heterocycles. The van der Waals surface area contributed by atoms with Gasteiger partial charge in [-0.25, -0.2) is 4.39 Å². The van der Waals surface area contributed by atoms with Gasteiger partial charge in [0.2, 0.25) is 0 Å². The van der Waals surface area contributed by atoms with Crippen LogP contribution in [0.25, 0.3) is 0 Å². The van der Waals surface area contributed by atoms with Gasteiger partial charge in [-0.15, -0.1) is 0 Å². The van der Waals surface area contributed by atoms with Gasteiger partial charge in [-0.1, -0.05) is 0 Å². The molecule has 1 fully saturated rings. The third kappa shape index (κ3) is 2.23. The monoisotopic (exact) mass is 146 g/mol. The molecule has 1 atom stereocenters. The molecule has 1 aliphatic heterocycles. The number of hydrogen-bond donors (Lipinski definition) is 1. The van der Waals surface area contributed by atoms with E-state index in [9.17, 15) is 4.39 Å². The second-order valence-electron chi connectivity index (χ2n) is 2.79. The van der Waals surface area contributed by atoms with Gasteiger partial charge in [0.15, 0.2) is 0 Å². The predicted molar refractivity (Wildman–Crippen MR) is 39.9 cm³/mol. The van der Waals surface area contributed by atoms with Crippen LogP contribution >= 0.6 is 0 Å². The van der Waals surface area contributed by atoms with E-state index in [1.165, 1.54) is 0 Å². The van der Waals surface area contributed by atoms with E-state index >= 15 is 0 Å². The van der Waals surface area contributed by atoms with E-state index in [-0.39, 0.29) is 0 Å². The molecule has 1 rings (SSSR count). The Morgan fingerprint density at radius 2 is 2.50 bits per heavy atom. The maximum atomic E-state index is 12.5. The minimum absolute atomic E-state index is 0.572. The lowest BCUT2D eigenvalue weighted by Crippen LogP contribution is -2.29. The Hall–Kier alpha value is -0.150. The van der Waals surface area contributed by atoms with E-state index in [1.54, 1.807) is 0 Å². The third-order valence-corrected chi connectivity index (χ3v) is 1.89. The third-order valence-electron chi connectivity index (χ3n) is 1.89. The molecule has 0 radical (unpaired) electrons. The summed E-state index contributed by atoms with van der Waals surface area (Å²) in [6.07, 6.45) is 0.154. The summed E-state index contributed by atoms with van der Waals surface area (Å²) >= 11 is 0. The Balaban J connectivity index is 2.06. The molecule has 0 amide bonds. The van der Waals surface area contributed by atoms with Crippen LogP contribution in [0, 0.1) is 0 Å². The Morgan fingerprint density at radius 3 is 3.00 bits per heavy atom. The van der Waals surface area contributed by atoms with Gasteiger partial charge in [-0.3, -0.25) is 4.90 Å². The fourth-order valence-electron chi connectivity index (χ4n) is 1.26. The highest BCUT2D eigenvalue weighted by atomic mass is 19.1. The summed E-state index contributed by atoms with van der Waals surface area (Å²) in [5.74, 6) is 0. The van der Waals surface area contributed by atoms with Crippen molar-refractivity contribution in [1.82, 2.24) is 10.2 Å². The number of rotatable bonds is 3. The first-order valence-corrected chi connectivity index (χ1v) is 3.84. The molecule has 0 aliphatic carbocycles. The molecule has 1 N–H and O–H groups in total. The number of likely N-dealkylation sites (N-methyl/N-ethyl adjacent to an activating group) is 1. The zero-order valence-electron chi connectivity index (χ0n) is 6.44. The summed E-state index contributed by atoms with van der Waals surface area (Å²) in [5, 5.41) is 3.05. The van der Waals surface area contributed by atoms with Crippen LogP contribution in [0.4, 0.5) is 4.39 Å². The number of nitrogens with one attached hydrogen (secondary N) is 1. The van der Waals surface area contributed by atoms with Crippen molar-refractivity contribution in [3.8, 4) is 0 Å². The Labute approximate surface area is 61.4 Å². The van der Waals surface area contributed by atoms with E-state index < -0.39 is 6.17 Å². The molecule has 1 saturated heterocycles. The average Bonchev–Trinajstić information content (AvgIpc) is 2.31. The highest BCUT2D eigenvalue weighted by Gasteiger charge is 2.20. The lowest BCUT2D eigenvalue weighted by atomic mass is 10.3. The molecular weight excluding hydrogens is 131 g/mol. The zero-order valence-corrected chi connectivity index (χ0v) is 6.44. The van der Waals surface area contributed by atoms with Crippen molar-refractivity contribution < 1.29 is 4.39 Å². The molecule has 0 spiro atoms. The maximum Gasteiger partial charge on any atom is 0.114 e. The number of alkyl halides is 1. The Kier molecular flexibility index (Phi) is 3.09. The van der Waals surface area contributed by atoms with Crippen LogP contribution < -0.4 is 5.32 Å². The fraction of sp³-hybridized carbons (Fsp3) is 1.00. The van der Waals surface area contributed by atoms with Gasteiger partial charge in [0.05, 0.1) is 0 Å². The normalized spacial score (nSPS) is 27.6. The van der Waals surface area contributed by atoms with Gasteiger partial charge in [0.25, 0.3) is 0 Å². The van der Waals surface area contributed by atoms with E-state index in [2.05, 4.69) is 10.2 Å². The topological polar surface area (TPSA) is 15.3 Å². The number of hydrogen-bond acceptors (Lipinski definition) is 2. The van der Waals surface area contributed by atoms with Crippen LogP contribution in [0.1, 0.15) is 6.42 Å².